The smallest absolute Gasteiger partial charge is 0.250 e. The van der Waals surface area contributed by atoms with E-state index in [4.69, 9.17) is 0 Å². The molecule has 2 aliphatic rings. The van der Waals surface area contributed by atoms with Crippen molar-refractivity contribution in [2.45, 2.75) is 18.9 Å². The van der Waals surface area contributed by atoms with Crippen LogP contribution in [0, 0.1) is 5.82 Å². The molecular weight excluding hydrogens is 207 g/mol. The number of carbonyl (C=O) groups excluding carboxylic acids is 1. The molecule has 4 heteroatoms. The molecule has 1 amide bonds. The van der Waals surface area contributed by atoms with Crippen molar-refractivity contribution < 1.29 is 9.18 Å². The second kappa shape index (κ2) is 3.40. The van der Waals surface area contributed by atoms with Crippen LogP contribution >= 0.6 is 0 Å². The highest BCUT2D eigenvalue weighted by Gasteiger charge is 2.39. The van der Waals surface area contributed by atoms with Gasteiger partial charge in [-0.25, -0.2) is 4.39 Å². The Kier molecular flexibility index (Phi) is 2.02. The van der Waals surface area contributed by atoms with Crippen LogP contribution in [0.5, 0.6) is 0 Å². The van der Waals surface area contributed by atoms with Crippen LogP contribution in [0.4, 0.5) is 4.39 Å². The molecule has 0 spiro atoms. The summed E-state index contributed by atoms with van der Waals surface area (Å²) < 4.78 is 13.6. The predicted octanol–water partition coefficient (Wildman–Crippen LogP) is 1.58. The van der Waals surface area contributed by atoms with Crippen molar-refractivity contribution in [3.05, 3.63) is 35.6 Å². The zero-order valence-corrected chi connectivity index (χ0v) is 8.69. The summed E-state index contributed by atoms with van der Waals surface area (Å²) in [6, 6.07) is 6.70. The van der Waals surface area contributed by atoms with Crippen molar-refractivity contribution in [3.63, 3.8) is 0 Å². The summed E-state index contributed by atoms with van der Waals surface area (Å²) >= 11 is 0. The Morgan fingerprint density at radius 1 is 1.31 bits per heavy atom. The van der Waals surface area contributed by atoms with Gasteiger partial charge in [0.2, 0.25) is 5.91 Å². The molecule has 0 aromatic heterocycles. The molecule has 1 fully saturated rings. The van der Waals surface area contributed by atoms with Crippen LogP contribution in [-0.2, 0) is 4.79 Å². The van der Waals surface area contributed by atoms with E-state index in [0.29, 0.717) is 11.4 Å². The highest BCUT2D eigenvalue weighted by molar-refractivity contribution is 6.12. The molecule has 1 saturated carbocycles. The number of rotatable bonds is 2. The number of hydrogen-bond acceptors (Lipinski definition) is 2. The first kappa shape index (κ1) is 9.51. The van der Waals surface area contributed by atoms with Crippen LogP contribution in [0.25, 0.3) is 0 Å². The van der Waals surface area contributed by atoms with E-state index in [1.807, 2.05) is 0 Å². The van der Waals surface area contributed by atoms with Crippen molar-refractivity contribution in [2.24, 2.45) is 4.99 Å². The quantitative estimate of drug-likeness (QED) is 0.741. The fraction of sp³-hybridized carbons (Fsp3) is 0.333. The minimum atomic E-state index is -0.318. The number of carbonyl (C=O) groups is 1. The van der Waals surface area contributed by atoms with Crippen molar-refractivity contribution in [1.29, 1.82) is 0 Å². The molecule has 0 radical (unpaired) electrons. The first-order chi connectivity index (χ1) is 7.77. The average Bonchev–Trinajstić information content (AvgIpc) is 3.04. The third-order valence-corrected chi connectivity index (χ3v) is 2.89. The number of benzene rings is 1. The molecule has 1 aliphatic carbocycles. The van der Waals surface area contributed by atoms with Crippen molar-refractivity contribution in [2.75, 3.05) is 6.54 Å². The van der Waals surface area contributed by atoms with Gasteiger partial charge in [-0.2, -0.15) is 0 Å². The summed E-state index contributed by atoms with van der Waals surface area (Å²) in [5.41, 5.74) is 0.431. The summed E-state index contributed by atoms with van der Waals surface area (Å²) in [6.45, 7) is 0.153. The maximum absolute atomic E-state index is 13.6. The highest BCUT2D eigenvalue weighted by Crippen LogP contribution is 2.31. The highest BCUT2D eigenvalue weighted by atomic mass is 19.1. The monoisotopic (exact) mass is 218 g/mol. The maximum atomic E-state index is 13.6. The van der Waals surface area contributed by atoms with Gasteiger partial charge in [0.1, 0.15) is 18.2 Å². The third-order valence-electron chi connectivity index (χ3n) is 2.89. The third kappa shape index (κ3) is 1.41. The largest absolute Gasteiger partial charge is 0.292 e. The van der Waals surface area contributed by atoms with Crippen LogP contribution in [0.3, 0.4) is 0 Å². The molecule has 3 nitrogen and oxygen atoms in total. The van der Waals surface area contributed by atoms with Gasteiger partial charge in [0.05, 0.1) is 5.56 Å². The van der Waals surface area contributed by atoms with Crippen molar-refractivity contribution in [1.82, 2.24) is 4.90 Å². The lowest BCUT2D eigenvalue weighted by atomic mass is 10.2. The van der Waals surface area contributed by atoms with Gasteiger partial charge in [0, 0.05) is 6.04 Å². The van der Waals surface area contributed by atoms with Crippen LogP contribution in [0.15, 0.2) is 29.3 Å². The predicted molar refractivity (Wildman–Crippen MR) is 57.7 cm³/mol. The Morgan fingerprint density at radius 3 is 2.75 bits per heavy atom. The van der Waals surface area contributed by atoms with E-state index >= 15 is 0 Å². The molecule has 0 bridgehead atoms. The van der Waals surface area contributed by atoms with Gasteiger partial charge in [-0.05, 0) is 25.0 Å². The number of amidine groups is 1. The van der Waals surface area contributed by atoms with Gasteiger partial charge in [-0.1, -0.05) is 12.1 Å². The van der Waals surface area contributed by atoms with Gasteiger partial charge < -0.3 is 0 Å². The molecule has 16 heavy (non-hydrogen) atoms. The molecule has 0 atom stereocenters. The Hall–Kier alpha value is -1.71. The summed E-state index contributed by atoms with van der Waals surface area (Å²) in [6.07, 6.45) is 2.00. The number of hydrogen-bond donors (Lipinski definition) is 0. The molecule has 0 N–H and O–H groups in total. The fourth-order valence-corrected chi connectivity index (χ4v) is 1.98. The summed E-state index contributed by atoms with van der Waals surface area (Å²) in [4.78, 5) is 17.4. The SMILES string of the molecule is O=C1CN=C(c2ccccc2F)N1C1CC1. The molecular formula is C12H11FN2O. The molecule has 1 heterocycles. The fourth-order valence-electron chi connectivity index (χ4n) is 1.98. The van der Waals surface area contributed by atoms with Crippen LogP contribution in [0.2, 0.25) is 0 Å². The zero-order valence-electron chi connectivity index (χ0n) is 8.69. The standard InChI is InChI=1S/C12H11FN2O/c13-10-4-2-1-3-9(10)12-14-7-11(16)15(12)8-5-6-8/h1-4,8H,5-7H2. The molecule has 1 aliphatic heterocycles. The van der Waals surface area contributed by atoms with Gasteiger partial charge in [-0.3, -0.25) is 14.7 Å². The maximum Gasteiger partial charge on any atom is 0.250 e. The first-order valence-corrected chi connectivity index (χ1v) is 5.39. The molecule has 82 valence electrons. The Balaban J connectivity index is 2.00. The van der Waals surface area contributed by atoms with Gasteiger partial charge in [-0.15, -0.1) is 0 Å². The number of halogens is 1. The average molecular weight is 218 g/mol. The number of amides is 1. The Labute approximate surface area is 92.6 Å². The minimum Gasteiger partial charge on any atom is -0.292 e. The van der Waals surface area contributed by atoms with Crippen LogP contribution in [0.1, 0.15) is 18.4 Å². The molecule has 1 aromatic carbocycles. The lowest BCUT2D eigenvalue weighted by molar-refractivity contribution is -0.125. The lowest BCUT2D eigenvalue weighted by Gasteiger charge is -2.18. The van der Waals surface area contributed by atoms with Gasteiger partial charge in [0.25, 0.3) is 0 Å². The molecule has 0 unspecified atom stereocenters. The normalized spacial score (nSPS) is 20.2. The van der Waals surface area contributed by atoms with Crippen molar-refractivity contribution >= 4 is 11.7 Å². The van der Waals surface area contributed by atoms with Crippen molar-refractivity contribution in [3.8, 4) is 0 Å². The second-order valence-corrected chi connectivity index (χ2v) is 4.11. The lowest BCUT2D eigenvalue weighted by Crippen LogP contribution is -2.35. The molecule has 3 rings (SSSR count). The number of nitrogens with zero attached hydrogens (tertiary/aromatic N) is 2. The Bertz CT molecular complexity index is 480. The first-order valence-electron chi connectivity index (χ1n) is 5.39. The van der Waals surface area contributed by atoms with Gasteiger partial charge >= 0.3 is 0 Å². The van der Waals surface area contributed by atoms with E-state index in [2.05, 4.69) is 4.99 Å². The Morgan fingerprint density at radius 2 is 2.06 bits per heavy atom. The minimum absolute atomic E-state index is 0.0132. The van der Waals surface area contributed by atoms with E-state index in [1.54, 1.807) is 23.1 Å². The zero-order chi connectivity index (χ0) is 11.1. The van der Waals surface area contributed by atoms with E-state index in [9.17, 15) is 9.18 Å². The summed E-state index contributed by atoms with van der Waals surface area (Å²) in [7, 11) is 0. The number of aliphatic imine (C=N–C) groups is 1. The van der Waals surface area contributed by atoms with Crippen LogP contribution in [-0.4, -0.2) is 29.2 Å². The topological polar surface area (TPSA) is 32.7 Å². The summed E-state index contributed by atoms with van der Waals surface area (Å²) in [5, 5.41) is 0. The van der Waals surface area contributed by atoms with Gasteiger partial charge in [0.15, 0.2) is 0 Å². The second-order valence-electron chi connectivity index (χ2n) is 4.11. The molecule has 0 saturated heterocycles. The van der Waals surface area contributed by atoms with E-state index in [1.165, 1.54) is 6.07 Å². The van der Waals surface area contributed by atoms with E-state index in [-0.39, 0.29) is 24.3 Å². The van der Waals surface area contributed by atoms with E-state index < -0.39 is 0 Å². The van der Waals surface area contributed by atoms with Crippen LogP contribution < -0.4 is 0 Å². The van der Waals surface area contributed by atoms with E-state index in [0.717, 1.165) is 12.8 Å². The molecule has 1 aromatic rings. The summed E-state index contributed by atoms with van der Waals surface area (Å²) in [5.74, 6) is 0.174.